The number of benzene rings is 1. The fourth-order valence-electron chi connectivity index (χ4n) is 3.68. The van der Waals surface area contributed by atoms with Crippen LogP contribution in [-0.4, -0.2) is 74.5 Å². The molecule has 45 heavy (non-hydrogen) atoms. The van der Waals surface area contributed by atoms with Crippen molar-refractivity contribution in [2.45, 2.75) is 114 Å². The zero-order chi connectivity index (χ0) is 34.5. The molecule has 0 amide bonds. The van der Waals surface area contributed by atoms with Crippen LogP contribution in [0.2, 0.25) is 0 Å². The smallest absolute Gasteiger partial charge is 0.311 e. The van der Waals surface area contributed by atoms with Gasteiger partial charge in [0.05, 0.1) is 28.8 Å². The van der Waals surface area contributed by atoms with Crippen molar-refractivity contribution in [3.8, 4) is 5.75 Å². The number of carbonyl (C=O) groups is 4. The Labute approximate surface area is 267 Å². The number of ether oxygens (including phenoxy) is 6. The molecule has 0 saturated carbocycles. The number of carbonyl (C=O) groups excluding carboxylic acids is 4. The number of methoxy groups -OCH3 is 1. The molecule has 1 aliphatic rings. The molecule has 1 aliphatic heterocycles. The van der Waals surface area contributed by atoms with Crippen LogP contribution in [0.5, 0.6) is 5.75 Å². The van der Waals surface area contributed by atoms with Crippen molar-refractivity contribution in [1.82, 2.24) is 0 Å². The lowest BCUT2D eigenvalue weighted by atomic mass is 9.92. The average molecular weight is 634 g/mol. The third-order valence-electron chi connectivity index (χ3n) is 6.65. The van der Waals surface area contributed by atoms with Gasteiger partial charge in [-0.05, 0) is 113 Å². The molecule has 1 heterocycles. The van der Waals surface area contributed by atoms with Gasteiger partial charge >= 0.3 is 23.9 Å². The number of nitrogens with zero attached hydrogens (tertiary/aromatic N) is 1. The maximum Gasteiger partial charge on any atom is 0.311 e. The molecule has 0 bridgehead atoms. The van der Waals surface area contributed by atoms with Gasteiger partial charge in [-0.1, -0.05) is 0 Å². The second kappa shape index (κ2) is 14.3. The van der Waals surface area contributed by atoms with Crippen molar-refractivity contribution in [3.05, 3.63) is 29.8 Å². The van der Waals surface area contributed by atoms with E-state index in [0.29, 0.717) is 11.3 Å². The molecule has 1 aromatic rings. The number of esters is 4. The first kappa shape index (κ1) is 37.7. The highest BCUT2D eigenvalue weighted by atomic mass is 16.7. The summed E-state index contributed by atoms with van der Waals surface area (Å²) in [6.45, 7) is 19.8. The van der Waals surface area contributed by atoms with E-state index in [9.17, 15) is 19.2 Å². The first-order valence-electron chi connectivity index (χ1n) is 15.1. The zero-order valence-corrected chi connectivity index (χ0v) is 29.0. The summed E-state index contributed by atoms with van der Waals surface area (Å²) >= 11 is 0. The fraction of sp³-hybridized carbons (Fsp3) is 0.676. The van der Waals surface area contributed by atoms with Crippen LogP contribution in [0.3, 0.4) is 0 Å². The minimum Gasteiger partial charge on any atom is -0.497 e. The molecule has 252 valence electrons. The molecule has 11 heteroatoms. The van der Waals surface area contributed by atoms with Gasteiger partial charge in [-0.3, -0.25) is 24.2 Å². The van der Waals surface area contributed by atoms with Gasteiger partial charge < -0.3 is 28.4 Å². The lowest BCUT2D eigenvalue weighted by molar-refractivity contribution is -0.258. The van der Waals surface area contributed by atoms with Crippen LogP contribution in [0.1, 0.15) is 88.6 Å². The maximum atomic E-state index is 13.4. The molecular formula is C34H51NO10. The normalized spacial score (nSPS) is 22.8. The highest BCUT2D eigenvalue weighted by Crippen LogP contribution is 2.34. The van der Waals surface area contributed by atoms with E-state index in [-0.39, 0.29) is 6.61 Å². The molecule has 1 aromatic carbocycles. The molecule has 1 fully saturated rings. The van der Waals surface area contributed by atoms with Crippen molar-refractivity contribution < 1.29 is 47.6 Å². The zero-order valence-electron chi connectivity index (χ0n) is 29.0. The van der Waals surface area contributed by atoms with Crippen LogP contribution in [0.4, 0.5) is 0 Å². The largest absolute Gasteiger partial charge is 0.497 e. The van der Waals surface area contributed by atoms with Crippen molar-refractivity contribution in [2.75, 3.05) is 13.7 Å². The van der Waals surface area contributed by atoms with Crippen molar-refractivity contribution in [2.24, 2.45) is 26.7 Å². The van der Waals surface area contributed by atoms with E-state index in [0.717, 1.165) is 0 Å². The number of hydrogen-bond donors (Lipinski definition) is 0. The van der Waals surface area contributed by atoms with E-state index >= 15 is 0 Å². The Hall–Kier alpha value is -3.47. The van der Waals surface area contributed by atoms with Gasteiger partial charge in [0, 0.05) is 6.21 Å². The molecule has 0 aliphatic carbocycles. The molecule has 0 spiro atoms. The third-order valence-corrected chi connectivity index (χ3v) is 6.65. The fourth-order valence-corrected chi connectivity index (χ4v) is 3.68. The summed E-state index contributed by atoms with van der Waals surface area (Å²) in [6, 6.07) is 7.06. The molecule has 0 unspecified atom stereocenters. The first-order valence-corrected chi connectivity index (χ1v) is 15.1. The average Bonchev–Trinajstić information content (AvgIpc) is 2.91. The van der Waals surface area contributed by atoms with Gasteiger partial charge in [0.25, 0.3) is 0 Å². The van der Waals surface area contributed by atoms with Gasteiger partial charge in [0.15, 0.2) is 24.5 Å². The predicted octanol–water partition coefficient (Wildman–Crippen LogP) is 5.30. The Morgan fingerprint density at radius 3 is 1.51 bits per heavy atom. The van der Waals surface area contributed by atoms with Gasteiger partial charge in [0.1, 0.15) is 18.5 Å². The van der Waals surface area contributed by atoms with E-state index in [1.54, 1.807) is 114 Å². The van der Waals surface area contributed by atoms with E-state index in [4.69, 9.17) is 28.4 Å². The minimum atomic E-state index is -1.36. The lowest BCUT2D eigenvalue weighted by Crippen LogP contribution is -2.63. The van der Waals surface area contributed by atoms with E-state index in [1.165, 1.54) is 6.21 Å². The molecule has 0 aromatic heterocycles. The van der Waals surface area contributed by atoms with E-state index in [2.05, 4.69) is 4.99 Å². The summed E-state index contributed by atoms with van der Waals surface area (Å²) in [5, 5.41) is 0. The highest BCUT2D eigenvalue weighted by Gasteiger charge is 2.54. The molecule has 5 atom stereocenters. The van der Waals surface area contributed by atoms with Crippen LogP contribution in [0.25, 0.3) is 0 Å². The van der Waals surface area contributed by atoms with E-state index < -0.39 is 76.2 Å². The highest BCUT2D eigenvalue weighted by molar-refractivity contribution is 5.80. The van der Waals surface area contributed by atoms with Crippen LogP contribution < -0.4 is 4.74 Å². The number of rotatable bonds is 8. The minimum absolute atomic E-state index is 0.351. The van der Waals surface area contributed by atoms with Crippen LogP contribution in [0, 0.1) is 21.7 Å². The molecular weight excluding hydrogens is 582 g/mol. The quantitative estimate of drug-likeness (QED) is 0.211. The van der Waals surface area contributed by atoms with Crippen LogP contribution >= 0.6 is 0 Å². The summed E-state index contributed by atoms with van der Waals surface area (Å²) in [5.74, 6) is -1.74. The van der Waals surface area contributed by atoms with Gasteiger partial charge in [0.2, 0.25) is 0 Å². The molecule has 2 rings (SSSR count). The van der Waals surface area contributed by atoms with Gasteiger partial charge in [-0.25, -0.2) is 0 Å². The monoisotopic (exact) mass is 633 g/mol. The summed E-state index contributed by atoms with van der Waals surface area (Å²) < 4.78 is 35.1. The summed E-state index contributed by atoms with van der Waals surface area (Å²) in [7, 11) is 1.56. The molecule has 1 saturated heterocycles. The standard InChI is InChI=1S/C34H51NO10/c1-31(2,3)27(36)41-19-22-23(43-28(37)32(4,5)6)24(44-29(38)33(7,8)9)25(45-30(39)34(10,11)12)26(42-22)35-18-20-14-16-21(40-13)17-15-20/h14-18,22-26H,19H2,1-13H3/b35-18+/t22-,23+,24+,25-,26-/m1/s1. The van der Waals surface area contributed by atoms with E-state index in [1.807, 2.05) is 0 Å². The van der Waals surface area contributed by atoms with Gasteiger partial charge in [-0.15, -0.1) is 0 Å². The second-order valence-electron chi connectivity index (χ2n) is 15.3. The second-order valence-corrected chi connectivity index (χ2v) is 15.3. The summed E-state index contributed by atoms with van der Waals surface area (Å²) in [6.07, 6.45) is -4.86. The topological polar surface area (TPSA) is 136 Å². The number of aliphatic imine (C=N–C) groups is 1. The summed E-state index contributed by atoms with van der Waals surface area (Å²) in [4.78, 5) is 57.3. The Bertz CT molecular complexity index is 1230. The SMILES string of the molecule is COc1ccc(/C=N/[C@@H]2O[C@H](COC(=O)C(C)(C)C)[C@H](OC(=O)C(C)(C)C)[C@H](OC(=O)C(C)(C)C)[C@H]2OC(=O)C(C)(C)C)cc1. The molecule has 11 nitrogen and oxygen atoms in total. The van der Waals surface area contributed by atoms with Gasteiger partial charge in [-0.2, -0.15) is 0 Å². The Kier molecular flexibility index (Phi) is 12.0. The maximum absolute atomic E-state index is 13.4. The third kappa shape index (κ3) is 10.8. The van der Waals surface area contributed by atoms with Crippen molar-refractivity contribution in [3.63, 3.8) is 0 Å². The number of hydrogen-bond acceptors (Lipinski definition) is 11. The van der Waals surface area contributed by atoms with Crippen molar-refractivity contribution >= 4 is 30.1 Å². The Morgan fingerprint density at radius 1 is 0.667 bits per heavy atom. The predicted molar refractivity (Wildman–Crippen MR) is 168 cm³/mol. The molecule has 0 N–H and O–H groups in total. The lowest BCUT2D eigenvalue weighted by Gasteiger charge is -2.45. The first-order chi connectivity index (χ1) is 20.4. The van der Waals surface area contributed by atoms with Crippen LogP contribution in [-0.2, 0) is 42.9 Å². The van der Waals surface area contributed by atoms with Crippen molar-refractivity contribution in [1.29, 1.82) is 0 Å². The van der Waals surface area contributed by atoms with Crippen LogP contribution in [0.15, 0.2) is 29.3 Å². The molecule has 0 radical (unpaired) electrons. The summed E-state index contributed by atoms with van der Waals surface area (Å²) in [5.41, 5.74) is -3.02. The Balaban J connectivity index is 2.71. The Morgan fingerprint density at radius 2 is 1.09 bits per heavy atom.